The van der Waals surface area contributed by atoms with Crippen LogP contribution in [0.25, 0.3) is 11.0 Å². The lowest BCUT2D eigenvalue weighted by molar-refractivity contribution is -0.137. The molecule has 37 heavy (non-hydrogen) atoms. The van der Waals surface area contributed by atoms with Gasteiger partial charge in [-0.25, -0.2) is 0 Å². The van der Waals surface area contributed by atoms with Gasteiger partial charge in [0, 0.05) is 25.9 Å². The molecule has 1 aliphatic rings. The van der Waals surface area contributed by atoms with Crippen LogP contribution in [0.5, 0.6) is 5.75 Å². The maximum absolute atomic E-state index is 13.0. The predicted octanol–water partition coefficient (Wildman–Crippen LogP) is 3.14. The third-order valence-electron chi connectivity index (χ3n) is 6.82. The minimum absolute atomic E-state index is 0.254. The summed E-state index contributed by atoms with van der Waals surface area (Å²) in [5.41, 5.74) is 5.78. The number of primary amides is 1. The molecule has 3 amide bonds. The molecule has 0 bridgehead atoms. The van der Waals surface area contributed by atoms with E-state index in [0.29, 0.717) is 53.2 Å². The van der Waals surface area contributed by atoms with Crippen molar-refractivity contribution in [2.24, 2.45) is 11.1 Å². The molecule has 3 heterocycles. The molecule has 3 aromatic rings. The van der Waals surface area contributed by atoms with E-state index in [1.54, 1.807) is 63.1 Å². The zero-order valence-electron chi connectivity index (χ0n) is 21.7. The van der Waals surface area contributed by atoms with Gasteiger partial charge in [-0.3, -0.25) is 19.2 Å². The van der Waals surface area contributed by atoms with Crippen molar-refractivity contribution in [3.63, 3.8) is 0 Å². The fourth-order valence-electron chi connectivity index (χ4n) is 4.78. The van der Waals surface area contributed by atoms with Crippen LogP contribution < -0.4 is 25.8 Å². The second-order valence-electron chi connectivity index (χ2n) is 9.76. The summed E-state index contributed by atoms with van der Waals surface area (Å²) in [6, 6.07) is 7.70. The smallest absolute Gasteiger partial charge is 0.262 e. The summed E-state index contributed by atoms with van der Waals surface area (Å²) in [5.74, 6) is -0.0393. The Labute approximate surface area is 214 Å². The van der Waals surface area contributed by atoms with Crippen molar-refractivity contribution in [3.8, 4) is 5.75 Å². The van der Waals surface area contributed by atoms with E-state index in [-0.39, 0.29) is 24.0 Å². The van der Waals surface area contributed by atoms with E-state index >= 15 is 0 Å². The SMILES string of the molecule is CCN1C(=O)C(C)(C)C(=O)N(C)c2cc(OCCCC(C(N)=O)n3ccc4oc(C)cc4c3=O)ccc21. The first-order valence-corrected chi connectivity index (χ1v) is 12.2. The molecular weight excluding hydrogens is 476 g/mol. The van der Waals surface area contributed by atoms with Crippen LogP contribution in [0, 0.1) is 12.3 Å². The summed E-state index contributed by atoms with van der Waals surface area (Å²) in [4.78, 5) is 54.2. The quantitative estimate of drug-likeness (QED) is 0.368. The average Bonchev–Trinajstić information content (AvgIpc) is 3.23. The summed E-state index contributed by atoms with van der Waals surface area (Å²) < 4.78 is 12.7. The molecule has 1 aliphatic heterocycles. The molecule has 1 atom stereocenters. The third-order valence-corrected chi connectivity index (χ3v) is 6.82. The largest absolute Gasteiger partial charge is 0.494 e. The van der Waals surface area contributed by atoms with Crippen LogP contribution in [0.3, 0.4) is 0 Å². The molecule has 0 saturated carbocycles. The van der Waals surface area contributed by atoms with Crippen molar-refractivity contribution in [1.29, 1.82) is 0 Å². The molecule has 10 heteroatoms. The number of hydrogen-bond acceptors (Lipinski definition) is 6. The van der Waals surface area contributed by atoms with Gasteiger partial charge in [-0.05, 0) is 64.8 Å². The summed E-state index contributed by atoms with van der Waals surface area (Å²) in [6.07, 6.45) is 2.26. The fourth-order valence-corrected chi connectivity index (χ4v) is 4.78. The molecule has 0 fully saturated rings. The highest BCUT2D eigenvalue weighted by atomic mass is 16.5. The van der Waals surface area contributed by atoms with Gasteiger partial charge in [0.1, 0.15) is 28.5 Å². The summed E-state index contributed by atoms with van der Waals surface area (Å²) >= 11 is 0. The monoisotopic (exact) mass is 508 g/mol. The van der Waals surface area contributed by atoms with Gasteiger partial charge in [0.2, 0.25) is 17.7 Å². The average molecular weight is 509 g/mol. The third kappa shape index (κ3) is 4.59. The lowest BCUT2D eigenvalue weighted by atomic mass is 9.90. The number of rotatable bonds is 8. The number of ether oxygens (including phenoxy) is 1. The summed E-state index contributed by atoms with van der Waals surface area (Å²) in [5, 5.41) is 0.397. The van der Waals surface area contributed by atoms with Crippen LogP contribution in [0.4, 0.5) is 11.4 Å². The maximum Gasteiger partial charge on any atom is 0.262 e. The topological polar surface area (TPSA) is 128 Å². The first-order chi connectivity index (χ1) is 17.5. The molecule has 0 radical (unpaired) electrons. The van der Waals surface area contributed by atoms with Crippen molar-refractivity contribution in [1.82, 2.24) is 4.57 Å². The van der Waals surface area contributed by atoms with E-state index in [2.05, 4.69) is 0 Å². The van der Waals surface area contributed by atoms with E-state index in [1.165, 1.54) is 15.7 Å². The highest BCUT2D eigenvalue weighted by molar-refractivity contribution is 6.20. The second kappa shape index (κ2) is 9.76. The van der Waals surface area contributed by atoms with Crippen LogP contribution in [0.1, 0.15) is 45.4 Å². The Kier molecular flexibility index (Phi) is 6.86. The van der Waals surface area contributed by atoms with E-state index in [9.17, 15) is 19.2 Å². The number of amides is 3. The van der Waals surface area contributed by atoms with Gasteiger partial charge < -0.3 is 29.3 Å². The number of fused-ring (bicyclic) bond motifs is 2. The van der Waals surface area contributed by atoms with Gasteiger partial charge in [0.05, 0.1) is 23.4 Å². The number of pyridine rings is 1. The molecule has 10 nitrogen and oxygen atoms in total. The van der Waals surface area contributed by atoms with Crippen molar-refractivity contribution >= 4 is 40.1 Å². The Morgan fingerprint density at radius 1 is 1.11 bits per heavy atom. The number of hydrogen-bond donors (Lipinski definition) is 1. The first kappa shape index (κ1) is 26.0. The van der Waals surface area contributed by atoms with Gasteiger partial charge in [-0.1, -0.05) is 0 Å². The molecule has 196 valence electrons. The molecule has 0 aliphatic carbocycles. The Morgan fingerprint density at radius 2 is 1.84 bits per heavy atom. The molecule has 1 unspecified atom stereocenters. The number of carbonyl (C=O) groups is 3. The zero-order valence-corrected chi connectivity index (χ0v) is 21.7. The molecule has 0 spiro atoms. The van der Waals surface area contributed by atoms with Crippen LogP contribution in [-0.4, -0.2) is 42.5 Å². The Morgan fingerprint density at radius 3 is 2.51 bits per heavy atom. The number of anilines is 2. The van der Waals surface area contributed by atoms with Gasteiger partial charge in [0.25, 0.3) is 5.56 Å². The van der Waals surface area contributed by atoms with Gasteiger partial charge in [-0.15, -0.1) is 0 Å². The number of aryl methyl sites for hydroxylation is 1. The molecular formula is C27H32N4O6. The van der Waals surface area contributed by atoms with Crippen LogP contribution >= 0.6 is 0 Å². The number of carbonyl (C=O) groups excluding carboxylic acids is 3. The zero-order chi connectivity index (χ0) is 27.1. The Bertz CT molecular complexity index is 1440. The number of nitrogens with zero attached hydrogens (tertiary/aromatic N) is 3. The van der Waals surface area contributed by atoms with Gasteiger partial charge >= 0.3 is 0 Å². The minimum atomic E-state index is -1.19. The summed E-state index contributed by atoms with van der Waals surface area (Å²) in [6.45, 7) is 7.56. The summed E-state index contributed by atoms with van der Waals surface area (Å²) in [7, 11) is 1.65. The van der Waals surface area contributed by atoms with Crippen LogP contribution in [0.2, 0.25) is 0 Å². The van der Waals surface area contributed by atoms with Crippen LogP contribution in [0.15, 0.2) is 45.7 Å². The molecule has 4 rings (SSSR count). The van der Waals surface area contributed by atoms with E-state index < -0.39 is 17.4 Å². The van der Waals surface area contributed by atoms with Crippen molar-refractivity contribution < 1.29 is 23.5 Å². The minimum Gasteiger partial charge on any atom is -0.494 e. The second-order valence-corrected chi connectivity index (χ2v) is 9.76. The normalized spacial score (nSPS) is 16.0. The lowest BCUT2D eigenvalue weighted by Crippen LogP contribution is -2.47. The van der Waals surface area contributed by atoms with E-state index in [0.717, 1.165) is 0 Å². The molecule has 1 aromatic carbocycles. The van der Waals surface area contributed by atoms with Gasteiger partial charge in [0.15, 0.2) is 0 Å². The number of nitrogens with two attached hydrogens (primary N) is 1. The van der Waals surface area contributed by atoms with E-state index in [1.807, 2.05) is 6.92 Å². The molecule has 2 N–H and O–H groups in total. The number of furan rings is 1. The van der Waals surface area contributed by atoms with Crippen molar-refractivity contribution in [3.05, 3.63) is 52.6 Å². The van der Waals surface area contributed by atoms with Crippen molar-refractivity contribution in [2.45, 2.75) is 46.6 Å². The molecule has 2 aromatic heterocycles. The number of aromatic nitrogens is 1. The standard InChI is InChI=1S/C27H32N4O6/c1-6-30-19-10-9-17(15-21(19)29(5)25(34)27(3,4)26(30)35)36-13-7-8-20(23(28)32)31-12-11-22-18(24(31)33)14-16(2)37-22/h9-12,14-15,20H,6-8,13H2,1-5H3,(H2,28,32). The number of benzene rings is 1. The first-order valence-electron chi connectivity index (χ1n) is 12.2. The van der Waals surface area contributed by atoms with Crippen LogP contribution in [-0.2, 0) is 14.4 Å². The predicted molar refractivity (Wildman–Crippen MR) is 140 cm³/mol. The molecule has 0 saturated heterocycles. The van der Waals surface area contributed by atoms with Crippen molar-refractivity contribution in [2.75, 3.05) is 30.0 Å². The fraction of sp³-hybridized carbons (Fsp3) is 0.407. The van der Waals surface area contributed by atoms with Gasteiger partial charge in [-0.2, -0.15) is 0 Å². The lowest BCUT2D eigenvalue weighted by Gasteiger charge is -2.27. The Balaban J connectivity index is 1.49. The highest BCUT2D eigenvalue weighted by Crippen LogP contribution is 2.40. The highest BCUT2D eigenvalue weighted by Gasteiger charge is 2.45. The maximum atomic E-state index is 13.0. The van der Waals surface area contributed by atoms with E-state index in [4.69, 9.17) is 14.9 Å². The Hall–Kier alpha value is -4.08.